The molecule has 0 spiro atoms. The van der Waals surface area contributed by atoms with Gasteiger partial charge >= 0.3 is 0 Å². The van der Waals surface area contributed by atoms with Crippen molar-refractivity contribution in [1.82, 2.24) is 20.6 Å². The quantitative estimate of drug-likeness (QED) is 0.859. The van der Waals surface area contributed by atoms with E-state index in [1.165, 1.54) is 6.07 Å². The van der Waals surface area contributed by atoms with Crippen LogP contribution in [0.2, 0.25) is 10.0 Å². The fraction of sp³-hybridized carbons (Fsp3) is 0. The number of nitrogens with zero attached hydrogens (tertiary/aromatic N) is 3. The summed E-state index contributed by atoms with van der Waals surface area (Å²) in [4.78, 5) is 11.5. The first-order chi connectivity index (χ1) is 7.66. The molecule has 0 aliphatic rings. The highest BCUT2D eigenvalue weighted by molar-refractivity contribution is 6.42. The summed E-state index contributed by atoms with van der Waals surface area (Å²) in [6.45, 7) is 0. The van der Waals surface area contributed by atoms with E-state index in [0.29, 0.717) is 15.7 Å². The fourth-order valence-electron chi connectivity index (χ4n) is 1.02. The van der Waals surface area contributed by atoms with Gasteiger partial charge in [0.05, 0.1) is 10.0 Å². The number of benzene rings is 1. The molecule has 0 radical (unpaired) electrons. The lowest BCUT2D eigenvalue weighted by Gasteiger charge is -2.03. The average molecular weight is 258 g/mol. The van der Waals surface area contributed by atoms with E-state index < -0.39 is 5.91 Å². The molecule has 6 nitrogen and oxygen atoms in total. The van der Waals surface area contributed by atoms with Crippen LogP contribution in [-0.2, 0) is 0 Å². The van der Waals surface area contributed by atoms with Crippen molar-refractivity contribution in [2.24, 2.45) is 0 Å². The molecular formula is C8H5Cl2N5O. The van der Waals surface area contributed by atoms with Crippen LogP contribution in [-0.4, -0.2) is 26.5 Å². The third-order valence-electron chi connectivity index (χ3n) is 1.73. The molecule has 0 saturated carbocycles. The minimum Gasteiger partial charge on any atom is -0.319 e. The number of halogens is 2. The van der Waals surface area contributed by atoms with Crippen LogP contribution in [0.15, 0.2) is 18.2 Å². The first-order valence-corrected chi connectivity index (χ1v) is 4.92. The molecule has 2 rings (SSSR count). The van der Waals surface area contributed by atoms with Crippen molar-refractivity contribution < 1.29 is 4.79 Å². The molecular weight excluding hydrogens is 253 g/mol. The van der Waals surface area contributed by atoms with E-state index in [1.807, 2.05) is 0 Å². The highest BCUT2D eigenvalue weighted by Gasteiger charge is 2.11. The van der Waals surface area contributed by atoms with Gasteiger partial charge in [-0.3, -0.25) is 4.79 Å². The minimum atomic E-state index is -0.480. The zero-order chi connectivity index (χ0) is 11.5. The lowest BCUT2D eigenvalue weighted by molar-refractivity contribution is 0.101. The Hall–Kier alpha value is -1.66. The standard InChI is InChI=1S/C8H5Cl2N5O/c9-5-2-1-4(3-6(5)10)11-8(16)7-12-14-15-13-7/h1-3H,(H,11,16)(H,12,13,14,15). The summed E-state index contributed by atoms with van der Waals surface area (Å²) in [5.74, 6) is -0.529. The number of hydrogen-bond acceptors (Lipinski definition) is 4. The van der Waals surface area contributed by atoms with Gasteiger partial charge < -0.3 is 5.32 Å². The second-order valence-electron chi connectivity index (χ2n) is 2.82. The van der Waals surface area contributed by atoms with Crippen LogP contribution in [0.1, 0.15) is 10.6 Å². The van der Waals surface area contributed by atoms with Crippen LogP contribution in [0, 0.1) is 0 Å². The van der Waals surface area contributed by atoms with Gasteiger partial charge in [-0.2, -0.15) is 5.21 Å². The Morgan fingerprint density at radius 1 is 1.31 bits per heavy atom. The number of rotatable bonds is 2. The number of amides is 1. The number of aromatic nitrogens is 4. The summed E-state index contributed by atoms with van der Waals surface area (Å²) in [7, 11) is 0. The smallest absolute Gasteiger partial charge is 0.297 e. The SMILES string of the molecule is O=C(Nc1ccc(Cl)c(Cl)c1)c1nn[nH]n1. The van der Waals surface area contributed by atoms with Crippen molar-refractivity contribution >= 4 is 34.8 Å². The van der Waals surface area contributed by atoms with Gasteiger partial charge in [-0.1, -0.05) is 23.2 Å². The van der Waals surface area contributed by atoms with Crippen LogP contribution in [0.4, 0.5) is 5.69 Å². The molecule has 16 heavy (non-hydrogen) atoms. The van der Waals surface area contributed by atoms with Gasteiger partial charge in [0.1, 0.15) is 0 Å². The molecule has 2 N–H and O–H groups in total. The lowest BCUT2D eigenvalue weighted by Crippen LogP contribution is -2.13. The molecule has 0 fully saturated rings. The molecule has 8 heteroatoms. The molecule has 1 amide bonds. The van der Waals surface area contributed by atoms with Crippen molar-refractivity contribution in [3.63, 3.8) is 0 Å². The van der Waals surface area contributed by atoms with Crippen molar-refractivity contribution in [1.29, 1.82) is 0 Å². The Bertz CT molecular complexity index is 513. The van der Waals surface area contributed by atoms with Crippen molar-refractivity contribution in [2.75, 3.05) is 5.32 Å². The largest absolute Gasteiger partial charge is 0.319 e. The van der Waals surface area contributed by atoms with Gasteiger partial charge in [0.25, 0.3) is 11.7 Å². The third-order valence-corrected chi connectivity index (χ3v) is 2.46. The van der Waals surface area contributed by atoms with E-state index in [0.717, 1.165) is 0 Å². The summed E-state index contributed by atoms with van der Waals surface area (Å²) in [5.41, 5.74) is 0.504. The number of H-pyrrole nitrogens is 1. The number of tetrazole rings is 1. The highest BCUT2D eigenvalue weighted by atomic mass is 35.5. The van der Waals surface area contributed by atoms with E-state index in [9.17, 15) is 4.79 Å². The van der Waals surface area contributed by atoms with Gasteiger partial charge in [-0.25, -0.2) is 0 Å². The zero-order valence-corrected chi connectivity index (χ0v) is 9.25. The summed E-state index contributed by atoms with van der Waals surface area (Å²) >= 11 is 11.5. The molecule has 1 aromatic carbocycles. The topological polar surface area (TPSA) is 83.6 Å². The summed E-state index contributed by atoms with van der Waals surface area (Å²) in [6, 6.07) is 4.73. The molecule has 82 valence electrons. The number of hydrogen-bond donors (Lipinski definition) is 2. The van der Waals surface area contributed by atoms with E-state index in [2.05, 4.69) is 25.9 Å². The number of anilines is 1. The molecule has 2 aromatic rings. The van der Waals surface area contributed by atoms with E-state index in [1.54, 1.807) is 12.1 Å². The molecule has 0 bridgehead atoms. The average Bonchev–Trinajstić information content (AvgIpc) is 2.77. The fourth-order valence-corrected chi connectivity index (χ4v) is 1.32. The highest BCUT2D eigenvalue weighted by Crippen LogP contribution is 2.25. The van der Waals surface area contributed by atoms with Gasteiger partial charge in [0.2, 0.25) is 0 Å². The van der Waals surface area contributed by atoms with E-state index >= 15 is 0 Å². The second kappa shape index (κ2) is 4.46. The van der Waals surface area contributed by atoms with Gasteiger partial charge in [-0.15, -0.1) is 10.2 Å². The van der Waals surface area contributed by atoms with Crippen LogP contribution in [0.3, 0.4) is 0 Å². The Morgan fingerprint density at radius 2 is 2.12 bits per heavy atom. The van der Waals surface area contributed by atoms with Gasteiger partial charge in [0, 0.05) is 5.69 Å². The Kier molecular flexibility index (Phi) is 3.02. The number of nitrogens with one attached hydrogen (secondary N) is 2. The Labute approximate surface area is 99.9 Å². The predicted octanol–water partition coefficient (Wildman–Crippen LogP) is 1.76. The second-order valence-corrected chi connectivity index (χ2v) is 3.63. The van der Waals surface area contributed by atoms with Crippen molar-refractivity contribution in [2.45, 2.75) is 0 Å². The third kappa shape index (κ3) is 2.29. The first kappa shape index (κ1) is 10.8. The molecule has 1 heterocycles. The molecule has 0 unspecified atom stereocenters. The first-order valence-electron chi connectivity index (χ1n) is 4.16. The van der Waals surface area contributed by atoms with Gasteiger partial charge in [-0.05, 0) is 23.4 Å². The number of aromatic amines is 1. The molecule has 0 aliphatic heterocycles. The summed E-state index contributed by atoms with van der Waals surface area (Å²) < 4.78 is 0. The number of carbonyl (C=O) groups excluding carboxylic acids is 1. The maximum atomic E-state index is 11.5. The normalized spacial score (nSPS) is 10.1. The lowest BCUT2D eigenvalue weighted by atomic mass is 10.3. The van der Waals surface area contributed by atoms with Crippen molar-refractivity contribution in [3.8, 4) is 0 Å². The summed E-state index contributed by atoms with van der Waals surface area (Å²) in [6.07, 6.45) is 0. The van der Waals surface area contributed by atoms with Gasteiger partial charge in [0.15, 0.2) is 0 Å². The minimum absolute atomic E-state index is 0.0499. The Morgan fingerprint density at radius 3 is 2.75 bits per heavy atom. The van der Waals surface area contributed by atoms with Crippen LogP contribution in [0.25, 0.3) is 0 Å². The monoisotopic (exact) mass is 257 g/mol. The molecule has 1 aromatic heterocycles. The van der Waals surface area contributed by atoms with Crippen LogP contribution >= 0.6 is 23.2 Å². The molecule has 0 aliphatic carbocycles. The van der Waals surface area contributed by atoms with Crippen molar-refractivity contribution in [3.05, 3.63) is 34.1 Å². The van der Waals surface area contributed by atoms with Crippen LogP contribution in [0.5, 0.6) is 0 Å². The van der Waals surface area contributed by atoms with E-state index in [-0.39, 0.29) is 5.82 Å². The molecule has 0 saturated heterocycles. The summed E-state index contributed by atoms with van der Waals surface area (Å²) in [5, 5.41) is 15.8. The zero-order valence-electron chi connectivity index (χ0n) is 7.74. The Balaban J connectivity index is 2.15. The maximum Gasteiger partial charge on any atom is 0.297 e. The number of carbonyl (C=O) groups is 1. The van der Waals surface area contributed by atoms with Crippen LogP contribution < -0.4 is 5.32 Å². The molecule has 0 atom stereocenters. The predicted molar refractivity (Wildman–Crippen MR) is 58.6 cm³/mol. The van der Waals surface area contributed by atoms with E-state index in [4.69, 9.17) is 23.2 Å². The maximum absolute atomic E-state index is 11.5.